The van der Waals surface area contributed by atoms with Crippen molar-refractivity contribution in [1.29, 1.82) is 0 Å². The Balaban J connectivity index is 1.42. The van der Waals surface area contributed by atoms with Crippen LogP contribution in [0.1, 0.15) is 5.56 Å². The zero-order valence-electron chi connectivity index (χ0n) is 13.7. The van der Waals surface area contributed by atoms with Gasteiger partial charge >= 0.3 is 0 Å². The maximum absolute atomic E-state index is 12.6. The number of ether oxygens (including phenoxy) is 1. The van der Waals surface area contributed by atoms with Crippen LogP contribution in [0.2, 0.25) is 0 Å². The van der Waals surface area contributed by atoms with Crippen molar-refractivity contribution < 1.29 is 9.53 Å². The van der Waals surface area contributed by atoms with Crippen LogP contribution in [0.5, 0.6) is 0 Å². The van der Waals surface area contributed by atoms with Gasteiger partial charge in [-0.25, -0.2) is 4.98 Å². The molecule has 0 bridgehead atoms. The Morgan fingerprint density at radius 1 is 1.20 bits per heavy atom. The molecule has 1 aliphatic rings. The summed E-state index contributed by atoms with van der Waals surface area (Å²) in [5.74, 6) is 0.421. The van der Waals surface area contributed by atoms with Crippen LogP contribution in [-0.4, -0.2) is 51.2 Å². The molecule has 3 heterocycles. The highest BCUT2D eigenvalue weighted by Gasteiger charge is 2.27. The summed E-state index contributed by atoms with van der Waals surface area (Å²) in [6, 6.07) is 13.8. The van der Waals surface area contributed by atoms with E-state index in [9.17, 15) is 4.79 Å². The lowest BCUT2D eigenvalue weighted by Crippen LogP contribution is -2.47. The molecule has 1 N–H and O–H groups in total. The second-order valence-electron chi connectivity index (χ2n) is 6.00. The SMILES string of the molecule is O=C(Nc1ccnc2ccnn12)C1CN(Cc2ccccc2)CCO1. The number of amides is 1. The lowest BCUT2D eigenvalue weighted by molar-refractivity contribution is -0.133. The minimum Gasteiger partial charge on any atom is -0.366 e. The van der Waals surface area contributed by atoms with Gasteiger partial charge < -0.3 is 10.1 Å². The van der Waals surface area contributed by atoms with Crippen LogP contribution in [-0.2, 0) is 16.1 Å². The molecule has 3 aromatic rings. The van der Waals surface area contributed by atoms with Crippen LogP contribution in [0.15, 0.2) is 54.9 Å². The predicted octanol–water partition coefficient (Wildman–Crippen LogP) is 1.57. The van der Waals surface area contributed by atoms with Crippen LogP contribution in [0, 0.1) is 0 Å². The van der Waals surface area contributed by atoms with Gasteiger partial charge in [0.15, 0.2) is 5.65 Å². The Hall–Kier alpha value is -2.77. The minimum atomic E-state index is -0.503. The molecule has 1 atom stereocenters. The van der Waals surface area contributed by atoms with Crippen LogP contribution in [0.4, 0.5) is 5.82 Å². The molecule has 1 aliphatic heterocycles. The van der Waals surface area contributed by atoms with Crippen molar-refractivity contribution in [3.05, 3.63) is 60.4 Å². The molecular formula is C18H19N5O2. The van der Waals surface area contributed by atoms with Crippen LogP contribution in [0.25, 0.3) is 5.65 Å². The first kappa shape index (κ1) is 15.7. The Morgan fingerprint density at radius 2 is 2.08 bits per heavy atom. The number of hydrogen-bond donors (Lipinski definition) is 1. The quantitative estimate of drug-likeness (QED) is 0.782. The lowest BCUT2D eigenvalue weighted by Gasteiger charge is -2.32. The Kier molecular flexibility index (Phi) is 4.41. The van der Waals surface area contributed by atoms with E-state index in [1.165, 1.54) is 5.56 Å². The number of anilines is 1. The van der Waals surface area contributed by atoms with E-state index in [4.69, 9.17) is 4.74 Å². The number of carbonyl (C=O) groups is 1. The van der Waals surface area contributed by atoms with E-state index in [-0.39, 0.29) is 5.91 Å². The number of benzene rings is 1. The zero-order valence-corrected chi connectivity index (χ0v) is 13.7. The number of hydrogen-bond acceptors (Lipinski definition) is 5. The Morgan fingerprint density at radius 3 is 2.96 bits per heavy atom. The fourth-order valence-corrected chi connectivity index (χ4v) is 2.98. The summed E-state index contributed by atoms with van der Waals surface area (Å²) in [6.45, 7) is 2.73. The van der Waals surface area contributed by atoms with Gasteiger partial charge in [-0.15, -0.1) is 0 Å². The molecule has 1 unspecified atom stereocenters. The van der Waals surface area contributed by atoms with Crippen molar-refractivity contribution in [2.75, 3.05) is 25.0 Å². The van der Waals surface area contributed by atoms with Crippen molar-refractivity contribution in [2.45, 2.75) is 12.6 Å². The third-order valence-electron chi connectivity index (χ3n) is 4.23. The number of morpholine rings is 1. The Labute approximate surface area is 145 Å². The van der Waals surface area contributed by atoms with E-state index >= 15 is 0 Å². The van der Waals surface area contributed by atoms with E-state index in [2.05, 4.69) is 32.4 Å². The second kappa shape index (κ2) is 7.00. The van der Waals surface area contributed by atoms with Crippen molar-refractivity contribution >= 4 is 17.4 Å². The van der Waals surface area contributed by atoms with Crippen LogP contribution < -0.4 is 5.32 Å². The summed E-state index contributed by atoms with van der Waals surface area (Å²) in [4.78, 5) is 19.0. The highest BCUT2D eigenvalue weighted by Crippen LogP contribution is 2.13. The van der Waals surface area contributed by atoms with Crippen molar-refractivity contribution in [3.63, 3.8) is 0 Å². The topological polar surface area (TPSA) is 71.8 Å². The number of nitrogens with one attached hydrogen (secondary N) is 1. The first-order valence-corrected chi connectivity index (χ1v) is 8.27. The lowest BCUT2D eigenvalue weighted by atomic mass is 10.2. The molecular weight excluding hydrogens is 318 g/mol. The van der Waals surface area contributed by atoms with Gasteiger partial charge in [-0.1, -0.05) is 30.3 Å². The highest BCUT2D eigenvalue weighted by molar-refractivity contribution is 5.93. The maximum Gasteiger partial charge on any atom is 0.255 e. The summed E-state index contributed by atoms with van der Waals surface area (Å²) in [5, 5.41) is 7.07. The van der Waals surface area contributed by atoms with Gasteiger partial charge in [0.1, 0.15) is 11.9 Å². The highest BCUT2D eigenvalue weighted by atomic mass is 16.5. The molecule has 1 fully saturated rings. The summed E-state index contributed by atoms with van der Waals surface area (Å²) in [6.07, 6.45) is 2.79. The largest absolute Gasteiger partial charge is 0.366 e. The first-order valence-electron chi connectivity index (χ1n) is 8.27. The molecule has 7 nitrogen and oxygen atoms in total. The number of carbonyl (C=O) groups excluding carboxylic acids is 1. The molecule has 4 rings (SSSR count). The molecule has 0 radical (unpaired) electrons. The predicted molar refractivity (Wildman–Crippen MR) is 93.1 cm³/mol. The average Bonchev–Trinajstić information content (AvgIpc) is 3.13. The summed E-state index contributed by atoms with van der Waals surface area (Å²) in [7, 11) is 0. The standard InChI is InChI=1S/C18H19N5O2/c24-18(21-17-6-8-19-16-7-9-20-23(16)17)15-13-22(10-11-25-15)12-14-4-2-1-3-5-14/h1-9,15H,10-13H2,(H,21,24). The fourth-order valence-electron chi connectivity index (χ4n) is 2.98. The minimum absolute atomic E-state index is 0.166. The smallest absolute Gasteiger partial charge is 0.255 e. The van der Waals surface area contributed by atoms with E-state index in [1.807, 2.05) is 18.2 Å². The number of rotatable bonds is 4. The number of fused-ring (bicyclic) bond motifs is 1. The molecule has 1 amide bonds. The molecule has 1 aromatic carbocycles. The summed E-state index contributed by atoms with van der Waals surface area (Å²) < 4.78 is 7.27. The molecule has 0 saturated carbocycles. The Bertz CT molecular complexity index is 864. The number of nitrogens with zero attached hydrogens (tertiary/aromatic N) is 4. The molecule has 25 heavy (non-hydrogen) atoms. The number of aromatic nitrogens is 3. The van der Waals surface area contributed by atoms with E-state index in [0.717, 1.165) is 13.1 Å². The molecule has 0 spiro atoms. The molecule has 2 aromatic heterocycles. The molecule has 0 aliphatic carbocycles. The van der Waals surface area contributed by atoms with Crippen molar-refractivity contribution in [2.24, 2.45) is 0 Å². The third kappa shape index (κ3) is 3.52. The molecule has 1 saturated heterocycles. The molecule has 128 valence electrons. The van der Waals surface area contributed by atoms with Gasteiger partial charge in [0.05, 0.1) is 12.8 Å². The summed E-state index contributed by atoms with van der Waals surface area (Å²) >= 11 is 0. The van der Waals surface area contributed by atoms with Crippen molar-refractivity contribution in [3.8, 4) is 0 Å². The normalized spacial score (nSPS) is 18.3. The van der Waals surface area contributed by atoms with Crippen LogP contribution in [0.3, 0.4) is 0 Å². The average molecular weight is 337 g/mol. The van der Waals surface area contributed by atoms with E-state index in [0.29, 0.717) is 24.6 Å². The second-order valence-corrected chi connectivity index (χ2v) is 6.00. The zero-order chi connectivity index (χ0) is 17.1. The molecule has 7 heteroatoms. The first-order chi connectivity index (χ1) is 12.3. The van der Waals surface area contributed by atoms with Gasteiger partial charge in [-0.05, 0) is 11.6 Å². The monoisotopic (exact) mass is 337 g/mol. The van der Waals surface area contributed by atoms with Gasteiger partial charge in [0.2, 0.25) is 0 Å². The van der Waals surface area contributed by atoms with Gasteiger partial charge in [0.25, 0.3) is 5.91 Å². The maximum atomic E-state index is 12.6. The van der Waals surface area contributed by atoms with Gasteiger partial charge in [-0.2, -0.15) is 9.61 Å². The van der Waals surface area contributed by atoms with E-state index < -0.39 is 6.10 Å². The van der Waals surface area contributed by atoms with Crippen molar-refractivity contribution in [1.82, 2.24) is 19.5 Å². The van der Waals surface area contributed by atoms with Gasteiger partial charge in [-0.3, -0.25) is 9.69 Å². The van der Waals surface area contributed by atoms with Gasteiger partial charge in [0, 0.05) is 31.9 Å². The fraction of sp³-hybridized carbons (Fsp3) is 0.278. The van der Waals surface area contributed by atoms with E-state index in [1.54, 1.807) is 29.0 Å². The third-order valence-corrected chi connectivity index (χ3v) is 4.23. The van der Waals surface area contributed by atoms with Crippen LogP contribution >= 0.6 is 0 Å². The summed E-state index contributed by atoms with van der Waals surface area (Å²) in [5.41, 5.74) is 1.92.